The second-order valence-electron chi connectivity index (χ2n) is 6.82. The van der Waals surface area contributed by atoms with Gasteiger partial charge in [0.2, 0.25) is 5.91 Å². The Balaban J connectivity index is 1.78. The summed E-state index contributed by atoms with van der Waals surface area (Å²) in [5.41, 5.74) is 0.985. The number of aryl methyl sites for hydroxylation is 1. The molecule has 1 aromatic heterocycles. The number of rotatable bonds is 6. The standard InChI is InChI=1S/C20H27N3O3/c1-23-13-12-21-19(23)18(14-4-8-16(25-2)9-5-14)22-20(24)15-6-10-17(26-3)11-7-15/h4-5,8-9,12-13,15,17-18H,6-7,10-11H2,1-3H3,(H,22,24)/t15?,17?,18-/m0/s1. The summed E-state index contributed by atoms with van der Waals surface area (Å²) < 4.78 is 12.6. The lowest BCUT2D eigenvalue weighted by Crippen LogP contribution is -2.38. The average molecular weight is 357 g/mol. The summed E-state index contributed by atoms with van der Waals surface area (Å²) in [7, 11) is 5.32. The number of aromatic nitrogens is 2. The van der Waals surface area contributed by atoms with E-state index >= 15 is 0 Å². The maximum absolute atomic E-state index is 12.9. The number of benzene rings is 1. The van der Waals surface area contributed by atoms with E-state index in [1.54, 1.807) is 20.4 Å². The predicted octanol–water partition coefficient (Wildman–Crippen LogP) is 2.84. The van der Waals surface area contributed by atoms with Crippen LogP contribution < -0.4 is 10.1 Å². The molecule has 1 saturated carbocycles. The number of nitrogens with zero attached hydrogens (tertiary/aromatic N) is 2. The van der Waals surface area contributed by atoms with E-state index in [1.165, 1.54) is 0 Å². The van der Waals surface area contributed by atoms with Crippen molar-refractivity contribution in [2.75, 3.05) is 14.2 Å². The summed E-state index contributed by atoms with van der Waals surface area (Å²) in [4.78, 5) is 17.3. The third kappa shape index (κ3) is 4.07. The van der Waals surface area contributed by atoms with Crippen LogP contribution in [0.1, 0.15) is 43.1 Å². The number of imidazole rings is 1. The minimum absolute atomic E-state index is 0.0300. The first-order valence-corrected chi connectivity index (χ1v) is 9.06. The van der Waals surface area contributed by atoms with Crippen molar-refractivity contribution in [3.63, 3.8) is 0 Å². The van der Waals surface area contributed by atoms with Gasteiger partial charge in [-0.05, 0) is 43.4 Å². The van der Waals surface area contributed by atoms with E-state index in [1.807, 2.05) is 42.1 Å². The molecule has 0 radical (unpaired) electrons. The van der Waals surface area contributed by atoms with Crippen LogP contribution in [0.15, 0.2) is 36.7 Å². The second kappa shape index (κ2) is 8.36. The molecule has 0 saturated heterocycles. The molecule has 2 aromatic rings. The predicted molar refractivity (Wildman–Crippen MR) is 98.9 cm³/mol. The van der Waals surface area contributed by atoms with Crippen LogP contribution >= 0.6 is 0 Å². The molecule has 26 heavy (non-hydrogen) atoms. The molecule has 1 aliphatic rings. The largest absolute Gasteiger partial charge is 0.497 e. The Kier molecular flexibility index (Phi) is 5.93. The Morgan fingerprint density at radius 3 is 2.42 bits per heavy atom. The number of hydrogen-bond donors (Lipinski definition) is 1. The summed E-state index contributed by atoms with van der Waals surface area (Å²) in [6, 6.07) is 7.47. The molecule has 1 amide bonds. The van der Waals surface area contributed by atoms with Crippen molar-refractivity contribution < 1.29 is 14.3 Å². The number of carbonyl (C=O) groups excluding carboxylic acids is 1. The smallest absolute Gasteiger partial charge is 0.223 e. The third-order valence-corrected chi connectivity index (χ3v) is 5.23. The van der Waals surface area contributed by atoms with Gasteiger partial charge >= 0.3 is 0 Å². The molecule has 140 valence electrons. The first-order valence-electron chi connectivity index (χ1n) is 9.06. The molecule has 1 fully saturated rings. The molecule has 3 rings (SSSR count). The van der Waals surface area contributed by atoms with Crippen molar-refractivity contribution in [2.24, 2.45) is 13.0 Å². The van der Waals surface area contributed by atoms with Gasteiger partial charge in [0, 0.05) is 32.5 Å². The number of nitrogens with one attached hydrogen (secondary N) is 1. The molecule has 1 aliphatic carbocycles. The molecule has 1 atom stereocenters. The molecule has 0 aliphatic heterocycles. The van der Waals surface area contributed by atoms with E-state index in [4.69, 9.17) is 9.47 Å². The minimum Gasteiger partial charge on any atom is -0.497 e. The lowest BCUT2D eigenvalue weighted by Gasteiger charge is -2.28. The van der Waals surface area contributed by atoms with Gasteiger partial charge < -0.3 is 19.4 Å². The topological polar surface area (TPSA) is 65.4 Å². The van der Waals surface area contributed by atoms with Crippen LogP contribution in [0.2, 0.25) is 0 Å². The fraction of sp³-hybridized carbons (Fsp3) is 0.500. The number of amides is 1. The maximum Gasteiger partial charge on any atom is 0.223 e. The molecule has 6 nitrogen and oxygen atoms in total. The van der Waals surface area contributed by atoms with Gasteiger partial charge in [-0.1, -0.05) is 12.1 Å². The van der Waals surface area contributed by atoms with Gasteiger partial charge in [0.05, 0.1) is 13.2 Å². The van der Waals surface area contributed by atoms with Gasteiger partial charge in [-0.15, -0.1) is 0 Å². The average Bonchev–Trinajstić information content (AvgIpc) is 3.11. The van der Waals surface area contributed by atoms with Crippen molar-refractivity contribution in [1.29, 1.82) is 0 Å². The molecule has 0 bridgehead atoms. The van der Waals surface area contributed by atoms with Crippen LogP contribution in [0.4, 0.5) is 0 Å². The molecule has 1 aromatic carbocycles. The number of ether oxygens (including phenoxy) is 2. The van der Waals surface area contributed by atoms with E-state index in [9.17, 15) is 4.79 Å². The highest BCUT2D eigenvalue weighted by Crippen LogP contribution is 2.28. The highest BCUT2D eigenvalue weighted by Gasteiger charge is 2.29. The van der Waals surface area contributed by atoms with Crippen LogP contribution in [-0.4, -0.2) is 35.8 Å². The first kappa shape index (κ1) is 18.5. The van der Waals surface area contributed by atoms with Gasteiger partial charge in [-0.2, -0.15) is 0 Å². The van der Waals surface area contributed by atoms with Gasteiger partial charge in [0.25, 0.3) is 0 Å². The summed E-state index contributed by atoms with van der Waals surface area (Å²) in [6.07, 6.45) is 7.52. The lowest BCUT2D eigenvalue weighted by molar-refractivity contribution is -0.127. The highest BCUT2D eigenvalue weighted by atomic mass is 16.5. The highest BCUT2D eigenvalue weighted by molar-refractivity contribution is 5.79. The van der Waals surface area contributed by atoms with Gasteiger partial charge in [0.15, 0.2) is 0 Å². The molecule has 0 unspecified atom stereocenters. The number of carbonyl (C=O) groups is 1. The van der Waals surface area contributed by atoms with Crippen molar-refractivity contribution in [3.8, 4) is 5.75 Å². The van der Waals surface area contributed by atoms with Gasteiger partial charge in [-0.3, -0.25) is 4.79 Å². The van der Waals surface area contributed by atoms with Crippen LogP contribution in [0.5, 0.6) is 5.75 Å². The van der Waals surface area contributed by atoms with Gasteiger partial charge in [0.1, 0.15) is 17.6 Å². The third-order valence-electron chi connectivity index (χ3n) is 5.23. The van der Waals surface area contributed by atoms with E-state index < -0.39 is 0 Å². The molecule has 1 heterocycles. The maximum atomic E-state index is 12.9. The van der Waals surface area contributed by atoms with Crippen LogP contribution in [0.25, 0.3) is 0 Å². The zero-order valence-corrected chi connectivity index (χ0v) is 15.6. The summed E-state index contributed by atoms with van der Waals surface area (Å²) >= 11 is 0. The van der Waals surface area contributed by atoms with Crippen LogP contribution in [0.3, 0.4) is 0 Å². The fourth-order valence-corrected chi connectivity index (χ4v) is 3.57. The minimum atomic E-state index is -0.284. The zero-order chi connectivity index (χ0) is 18.5. The van der Waals surface area contributed by atoms with Crippen LogP contribution in [-0.2, 0) is 16.6 Å². The van der Waals surface area contributed by atoms with Crippen molar-refractivity contribution in [3.05, 3.63) is 48.0 Å². The second-order valence-corrected chi connectivity index (χ2v) is 6.82. The summed E-state index contributed by atoms with van der Waals surface area (Å²) in [5.74, 6) is 1.72. The van der Waals surface area contributed by atoms with Gasteiger partial charge in [-0.25, -0.2) is 4.98 Å². The van der Waals surface area contributed by atoms with Crippen molar-refractivity contribution >= 4 is 5.91 Å². The first-order chi connectivity index (χ1) is 12.6. The summed E-state index contributed by atoms with van der Waals surface area (Å²) in [6.45, 7) is 0. The monoisotopic (exact) mass is 357 g/mol. The Morgan fingerprint density at radius 1 is 1.19 bits per heavy atom. The lowest BCUT2D eigenvalue weighted by atomic mass is 9.86. The Labute approximate surface area is 154 Å². The Hall–Kier alpha value is -2.34. The molecule has 0 spiro atoms. The Morgan fingerprint density at radius 2 is 1.88 bits per heavy atom. The fourth-order valence-electron chi connectivity index (χ4n) is 3.57. The zero-order valence-electron chi connectivity index (χ0n) is 15.6. The molecular weight excluding hydrogens is 330 g/mol. The van der Waals surface area contributed by atoms with E-state index in [0.29, 0.717) is 0 Å². The summed E-state index contributed by atoms with van der Waals surface area (Å²) in [5, 5.41) is 3.21. The molecule has 1 N–H and O–H groups in total. The quantitative estimate of drug-likeness (QED) is 0.863. The molecule has 6 heteroatoms. The Bertz CT molecular complexity index is 718. The van der Waals surface area contributed by atoms with Crippen molar-refractivity contribution in [2.45, 2.75) is 37.8 Å². The van der Waals surface area contributed by atoms with E-state index in [2.05, 4.69) is 10.3 Å². The van der Waals surface area contributed by atoms with Crippen molar-refractivity contribution in [1.82, 2.24) is 14.9 Å². The van der Waals surface area contributed by atoms with Crippen LogP contribution in [0, 0.1) is 5.92 Å². The van der Waals surface area contributed by atoms with E-state index in [0.717, 1.165) is 42.8 Å². The molecular formula is C20H27N3O3. The number of hydrogen-bond acceptors (Lipinski definition) is 4. The normalized spacial score (nSPS) is 21.2. The van der Waals surface area contributed by atoms with E-state index in [-0.39, 0.29) is 24.0 Å². The SMILES string of the molecule is COc1ccc([C@H](NC(=O)C2CCC(OC)CC2)c2nccn2C)cc1. The number of methoxy groups -OCH3 is 2.